The lowest BCUT2D eigenvalue weighted by Gasteiger charge is -2.04. The first-order valence-electron chi connectivity index (χ1n) is 4.57. The fourth-order valence-corrected chi connectivity index (χ4v) is 3.41. The first-order chi connectivity index (χ1) is 7.20. The summed E-state index contributed by atoms with van der Waals surface area (Å²) in [5, 5.41) is 0. The van der Waals surface area contributed by atoms with Gasteiger partial charge in [0.25, 0.3) is 0 Å². The van der Waals surface area contributed by atoms with Crippen molar-refractivity contribution in [3.05, 3.63) is 10.5 Å². The van der Waals surface area contributed by atoms with Crippen LogP contribution in [0.4, 0.5) is 0 Å². The Hall–Kier alpha value is -0.620. The molecule has 84 valence electrons. The van der Waals surface area contributed by atoms with E-state index in [0.717, 1.165) is 0 Å². The molecule has 0 atom stereocenters. The summed E-state index contributed by atoms with van der Waals surface area (Å²) >= 11 is 0. The molecular weight excluding hydrogens is 236 g/mol. The Morgan fingerprint density at radius 2 is 1.80 bits per heavy atom. The molecule has 4 nitrogen and oxygen atoms in total. The van der Waals surface area contributed by atoms with Crippen molar-refractivity contribution in [3.8, 4) is 0 Å². The molecule has 0 aromatic heterocycles. The molecule has 0 aromatic rings. The SMILES string of the molecule is CCOC(=O)C1=C(C(=O)OCC)SSC1. The zero-order chi connectivity index (χ0) is 11.3. The van der Waals surface area contributed by atoms with Gasteiger partial charge in [0, 0.05) is 5.75 Å². The van der Waals surface area contributed by atoms with Gasteiger partial charge in [-0.3, -0.25) is 0 Å². The zero-order valence-electron chi connectivity index (χ0n) is 8.57. The molecule has 1 aliphatic rings. The van der Waals surface area contributed by atoms with E-state index < -0.39 is 11.9 Å². The van der Waals surface area contributed by atoms with Gasteiger partial charge in [0.15, 0.2) is 0 Å². The molecule has 1 heterocycles. The van der Waals surface area contributed by atoms with Gasteiger partial charge in [-0.25, -0.2) is 9.59 Å². The summed E-state index contributed by atoms with van der Waals surface area (Å²) in [7, 11) is 2.71. The minimum Gasteiger partial charge on any atom is -0.463 e. The van der Waals surface area contributed by atoms with E-state index in [2.05, 4.69) is 0 Å². The lowest BCUT2D eigenvalue weighted by molar-refractivity contribution is -0.141. The Labute approximate surface area is 96.2 Å². The summed E-state index contributed by atoms with van der Waals surface area (Å²) in [6, 6.07) is 0. The van der Waals surface area contributed by atoms with Crippen molar-refractivity contribution >= 4 is 33.5 Å². The highest BCUT2D eigenvalue weighted by Crippen LogP contribution is 2.42. The predicted molar refractivity (Wildman–Crippen MR) is 60.3 cm³/mol. The highest BCUT2D eigenvalue weighted by molar-refractivity contribution is 8.78. The summed E-state index contributed by atoms with van der Waals surface area (Å²) in [5.41, 5.74) is 0.422. The topological polar surface area (TPSA) is 52.6 Å². The quantitative estimate of drug-likeness (QED) is 0.558. The van der Waals surface area contributed by atoms with E-state index in [-0.39, 0.29) is 0 Å². The molecule has 0 fully saturated rings. The summed E-state index contributed by atoms with van der Waals surface area (Å²) in [5.74, 6) is -0.355. The van der Waals surface area contributed by atoms with Crippen molar-refractivity contribution in [1.29, 1.82) is 0 Å². The molecule has 0 radical (unpaired) electrons. The molecule has 15 heavy (non-hydrogen) atoms. The average Bonchev–Trinajstić information content (AvgIpc) is 2.66. The molecule has 0 unspecified atom stereocenters. The predicted octanol–water partition coefficient (Wildman–Crippen LogP) is 1.76. The minimum absolute atomic E-state index is 0.309. The van der Waals surface area contributed by atoms with Crippen LogP contribution in [-0.4, -0.2) is 30.9 Å². The van der Waals surface area contributed by atoms with Gasteiger partial charge in [-0.15, -0.1) is 0 Å². The van der Waals surface area contributed by atoms with Crippen molar-refractivity contribution < 1.29 is 19.1 Å². The van der Waals surface area contributed by atoms with E-state index in [0.29, 0.717) is 29.4 Å². The Morgan fingerprint density at radius 1 is 1.20 bits per heavy atom. The molecule has 1 rings (SSSR count). The molecule has 0 aliphatic carbocycles. The van der Waals surface area contributed by atoms with Gasteiger partial charge >= 0.3 is 11.9 Å². The maximum atomic E-state index is 11.4. The molecule has 0 saturated heterocycles. The van der Waals surface area contributed by atoms with E-state index in [4.69, 9.17) is 9.47 Å². The van der Waals surface area contributed by atoms with Crippen LogP contribution in [0.15, 0.2) is 10.5 Å². The number of esters is 2. The van der Waals surface area contributed by atoms with Gasteiger partial charge in [0.2, 0.25) is 0 Å². The molecule has 0 aromatic carbocycles. The Bertz CT molecular complexity index is 270. The Balaban J connectivity index is 2.77. The largest absolute Gasteiger partial charge is 0.463 e. The molecule has 0 N–H and O–H groups in total. The molecular formula is C9H12O4S2. The highest BCUT2D eigenvalue weighted by Gasteiger charge is 2.29. The normalized spacial score (nSPS) is 15.3. The van der Waals surface area contributed by atoms with Crippen molar-refractivity contribution in [1.82, 2.24) is 0 Å². The third-order valence-electron chi connectivity index (χ3n) is 1.60. The first kappa shape index (κ1) is 12.4. The summed E-state index contributed by atoms with van der Waals surface area (Å²) in [6.07, 6.45) is 0. The minimum atomic E-state index is -0.435. The Kier molecular flexibility index (Phi) is 5.04. The number of carbonyl (C=O) groups is 2. The molecule has 1 aliphatic heterocycles. The molecule has 0 spiro atoms. The van der Waals surface area contributed by atoms with Crippen LogP contribution in [0.25, 0.3) is 0 Å². The van der Waals surface area contributed by atoms with E-state index >= 15 is 0 Å². The second-order valence-corrected chi connectivity index (χ2v) is 4.90. The van der Waals surface area contributed by atoms with Gasteiger partial charge in [0.05, 0.1) is 18.8 Å². The third-order valence-corrected chi connectivity index (χ3v) is 3.91. The monoisotopic (exact) mass is 248 g/mol. The Morgan fingerprint density at radius 3 is 2.40 bits per heavy atom. The van der Waals surface area contributed by atoms with Gasteiger partial charge in [-0.2, -0.15) is 0 Å². The molecule has 0 amide bonds. The van der Waals surface area contributed by atoms with Crippen molar-refractivity contribution in [2.24, 2.45) is 0 Å². The van der Waals surface area contributed by atoms with Gasteiger partial charge in [-0.05, 0) is 24.6 Å². The van der Waals surface area contributed by atoms with Crippen LogP contribution in [0, 0.1) is 0 Å². The lowest BCUT2D eigenvalue weighted by atomic mass is 10.3. The van der Waals surface area contributed by atoms with Gasteiger partial charge in [0.1, 0.15) is 4.91 Å². The second kappa shape index (κ2) is 6.07. The van der Waals surface area contributed by atoms with Crippen LogP contribution >= 0.6 is 21.6 Å². The van der Waals surface area contributed by atoms with Crippen molar-refractivity contribution in [2.45, 2.75) is 13.8 Å². The second-order valence-electron chi connectivity index (χ2n) is 2.59. The number of carbonyl (C=O) groups excluding carboxylic acids is 2. The zero-order valence-corrected chi connectivity index (χ0v) is 10.2. The van der Waals surface area contributed by atoms with E-state index in [1.807, 2.05) is 0 Å². The van der Waals surface area contributed by atoms with Crippen LogP contribution < -0.4 is 0 Å². The molecule has 0 saturated carbocycles. The van der Waals surface area contributed by atoms with Crippen LogP contribution in [0.3, 0.4) is 0 Å². The van der Waals surface area contributed by atoms with Gasteiger partial charge in [-0.1, -0.05) is 10.8 Å². The summed E-state index contributed by atoms with van der Waals surface area (Å²) in [4.78, 5) is 23.3. The molecule has 6 heteroatoms. The number of hydrogen-bond donors (Lipinski definition) is 0. The number of rotatable bonds is 4. The van der Waals surface area contributed by atoms with Crippen molar-refractivity contribution in [3.63, 3.8) is 0 Å². The first-order valence-corrected chi connectivity index (χ1v) is 6.89. The third kappa shape index (κ3) is 3.17. The smallest absolute Gasteiger partial charge is 0.346 e. The van der Waals surface area contributed by atoms with Crippen LogP contribution in [0.2, 0.25) is 0 Å². The van der Waals surface area contributed by atoms with E-state index in [1.165, 1.54) is 21.6 Å². The maximum absolute atomic E-state index is 11.4. The number of hydrogen-bond acceptors (Lipinski definition) is 6. The number of ether oxygens (including phenoxy) is 2. The molecule has 0 bridgehead atoms. The fourth-order valence-electron chi connectivity index (χ4n) is 0.987. The lowest BCUT2D eigenvalue weighted by Crippen LogP contribution is -2.13. The van der Waals surface area contributed by atoms with E-state index in [1.54, 1.807) is 13.8 Å². The van der Waals surface area contributed by atoms with Gasteiger partial charge < -0.3 is 9.47 Å². The van der Waals surface area contributed by atoms with E-state index in [9.17, 15) is 9.59 Å². The standard InChI is InChI=1S/C9H12O4S2/c1-3-12-8(10)6-5-14-15-7(6)9(11)13-4-2/h3-5H2,1-2H3. The van der Waals surface area contributed by atoms with Crippen LogP contribution in [0.5, 0.6) is 0 Å². The maximum Gasteiger partial charge on any atom is 0.346 e. The highest BCUT2D eigenvalue weighted by atomic mass is 33.1. The summed E-state index contributed by atoms with van der Waals surface area (Å²) in [6.45, 7) is 4.09. The fraction of sp³-hybridized carbons (Fsp3) is 0.556. The van der Waals surface area contributed by atoms with Crippen LogP contribution in [-0.2, 0) is 19.1 Å². The summed E-state index contributed by atoms with van der Waals surface area (Å²) < 4.78 is 9.70. The van der Waals surface area contributed by atoms with Crippen molar-refractivity contribution in [2.75, 3.05) is 19.0 Å². The average molecular weight is 248 g/mol. The van der Waals surface area contributed by atoms with Crippen LogP contribution in [0.1, 0.15) is 13.8 Å².